The molecule has 212 valence electrons. The molecule has 0 radical (unpaired) electrons. The van der Waals surface area contributed by atoms with Gasteiger partial charge in [-0.3, -0.25) is 0 Å². The average molecular weight is 733 g/mol. The summed E-state index contributed by atoms with van der Waals surface area (Å²) in [6.45, 7) is 9.18. The Bertz CT molecular complexity index is 844. The standard InChI is InChI=1S/C26H36S12/c1-5-9-13-27-17-18(28-14-10-6-2)32-21(31-17)23-35-25-26(36-23)38-24(37-25)22-33-19(29-15-11-7-3)20(34-22)30-16-12-8-4/h5-16H2,1-4H3. The van der Waals surface area contributed by atoms with Crippen molar-refractivity contribution in [3.05, 3.63) is 42.4 Å². The first-order valence-electron chi connectivity index (χ1n) is 13.3. The summed E-state index contributed by atoms with van der Waals surface area (Å²) >= 11 is 24.7. The van der Waals surface area contributed by atoms with Crippen LogP contribution in [0.5, 0.6) is 0 Å². The highest BCUT2D eigenvalue weighted by Gasteiger charge is 2.37. The first-order chi connectivity index (χ1) is 18.7. The molecular weight excluding hydrogens is 697 g/mol. The van der Waals surface area contributed by atoms with Crippen LogP contribution >= 0.6 is 141 Å². The summed E-state index contributed by atoms with van der Waals surface area (Å²) in [5.41, 5.74) is 0. The molecule has 0 amide bonds. The molecule has 4 aliphatic rings. The van der Waals surface area contributed by atoms with Crippen LogP contribution in [0.2, 0.25) is 0 Å². The number of unbranched alkanes of at least 4 members (excludes halogenated alkanes) is 4. The van der Waals surface area contributed by atoms with Crippen LogP contribution in [0.4, 0.5) is 0 Å². The predicted octanol–water partition coefficient (Wildman–Crippen LogP) is 14.7. The van der Waals surface area contributed by atoms with Gasteiger partial charge in [-0.25, -0.2) is 0 Å². The SMILES string of the molecule is CCCCSC1=C(SCCCC)SC(=C2SC3=C(S2)SC(=C2SC(SCCCC)=C(SCCCC)S2)S3)S1. The van der Waals surface area contributed by atoms with Gasteiger partial charge in [-0.15, -0.1) is 47.0 Å². The summed E-state index contributed by atoms with van der Waals surface area (Å²) < 4.78 is 15.4. The number of thioether (sulfide) groups is 12. The van der Waals surface area contributed by atoms with E-state index in [2.05, 4.69) is 122 Å². The zero-order chi connectivity index (χ0) is 26.7. The Labute approximate surface area is 282 Å². The maximum Gasteiger partial charge on any atom is 0.0718 e. The highest BCUT2D eigenvalue weighted by Crippen LogP contribution is 2.73. The lowest BCUT2D eigenvalue weighted by molar-refractivity contribution is 0.897. The third-order valence-corrected chi connectivity index (χ3v) is 23.3. The van der Waals surface area contributed by atoms with Crippen LogP contribution in [0.15, 0.2) is 42.4 Å². The fraction of sp³-hybridized carbons (Fsp3) is 0.615. The third-order valence-electron chi connectivity index (χ3n) is 5.24. The molecule has 0 saturated carbocycles. The lowest BCUT2D eigenvalue weighted by Gasteiger charge is -2.07. The summed E-state index contributed by atoms with van der Waals surface area (Å²) in [6, 6.07) is 0. The van der Waals surface area contributed by atoms with Gasteiger partial charge in [0.1, 0.15) is 0 Å². The first-order valence-corrected chi connectivity index (χ1v) is 23.8. The van der Waals surface area contributed by atoms with E-state index in [9.17, 15) is 0 Å². The molecule has 38 heavy (non-hydrogen) atoms. The fourth-order valence-corrected chi connectivity index (χ4v) is 22.3. The van der Waals surface area contributed by atoms with Gasteiger partial charge >= 0.3 is 0 Å². The Balaban J connectivity index is 1.36. The molecule has 12 heteroatoms. The molecule has 0 aromatic carbocycles. The van der Waals surface area contributed by atoms with Gasteiger partial charge in [0, 0.05) is 0 Å². The van der Waals surface area contributed by atoms with E-state index in [4.69, 9.17) is 0 Å². The van der Waals surface area contributed by atoms with Crippen LogP contribution < -0.4 is 0 Å². The molecule has 0 saturated heterocycles. The normalized spacial score (nSPS) is 19.9. The van der Waals surface area contributed by atoms with Crippen molar-refractivity contribution in [1.82, 2.24) is 0 Å². The van der Waals surface area contributed by atoms with E-state index in [1.807, 2.05) is 47.0 Å². The lowest BCUT2D eigenvalue weighted by atomic mass is 10.4. The van der Waals surface area contributed by atoms with Crippen molar-refractivity contribution in [1.29, 1.82) is 0 Å². The smallest absolute Gasteiger partial charge is 0.0718 e. The first kappa shape index (κ1) is 33.8. The second-order valence-electron chi connectivity index (χ2n) is 8.50. The Kier molecular flexibility index (Phi) is 16.6. The molecule has 0 nitrogen and oxygen atoms in total. The molecule has 4 heterocycles. The van der Waals surface area contributed by atoms with Gasteiger partial charge < -0.3 is 0 Å². The molecule has 0 aromatic rings. The zero-order valence-corrected chi connectivity index (χ0v) is 32.2. The Hall–Kier alpha value is 2.90. The van der Waals surface area contributed by atoms with Crippen molar-refractivity contribution in [2.24, 2.45) is 0 Å². The van der Waals surface area contributed by atoms with Crippen LogP contribution in [0.1, 0.15) is 79.1 Å². The van der Waals surface area contributed by atoms with Crippen LogP contribution in [-0.2, 0) is 0 Å². The Morgan fingerprint density at radius 3 is 0.763 bits per heavy atom. The van der Waals surface area contributed by atoms with Crippen molar-refractivity contribution < 1.29 is 0 Å². The van der Waals surface area contributed by atoms with Crippen molar-refractivity contribution in [3.63, 3.8) is 0 Å². The maximum absolute atomic E-state index is 2.30. The van der Waals surface area contributed by atoms with Gasteiger partial charge in [-0.05, 0) is 48.7 Å². The van der Waals surface area contributed by atoms with Crippen LogP contribution in [0.3, 0.4) is 0 Å². The van der Waals surface area contributed by atoms with E-state index in [0.29, 0.717) is 0 Å². The molecule has 0 fully saturated rings. The van der Waals surface area contributed by atoms with Gasteiger partial charge in [0.2, 0.25) is 0 Å². The molecule has 0 N–H and O–H groups in total. The second-order valence-corrected chi connectivity index (χ2v) is 23.7. The summed E-state index contributed by atoms with van der Waals surface area (Å²) in [4.78, 5) is 0. The highest BCUT2D eigenvalue weighted by atomic mass is 32.3. The second kappa shape index (κ2) is 18.6. The van der Waals surface area contributed by atoms with E-state index in [1.165, 1.54) is 99.8 Å². The van der Waals surface area contributed by atoms with Gasteiger partial charge in [0.05, 0.1) is 42.4 Å². The number of hydrogen-bond acceptors (Lipinski definition) is 12. The average Bonchev–Trinajstić information content (AvgIpc) is 3.67. The van der Waals surface area contributed by atoms with E-state index in [-0.39, 0.29) is 0 Å². The van der Waals surface area contributed by atoms with Crippen molar-refractivity contribution in [2.45, 2.75) is 79.1 Å². The molecule has 0 atom stereocenters. The summed E-state index contributed by atoms with van der Waals surface area (Å²) in [7, 11) is 0. The summed E-state index contributed by atoms with van der Waals surface area (Å²) in [5, 5.41) is 0. The monoisotopic (exact) mass is 732 g/mol. The van der Waals surface area contributed by atoms with E-state index in [1.54, 1.807) is 16.9 Å². The molecule has 0 bridgehead atoms. The van der Waals surface area contributed by atoms with Crippen molar-refractivity contribution in [2.75, 3.05) is 23.0 Å². The summed E-state index contributed by atoms with van der Waals surface area (Å²) in [6.07, 6.45) is 10.4. The minimum Gasteiger partial charge on any atom is -0.117 e. The largest absolute Gasteiger partial charge is 0.117 e. The molecule has 0 spiro atoms. The lowest BCUT2D eigenvalue weighted by Crippen LogP contribution is -1.80. The quantitative estimate of drug-likeness (QED) is 0.139. The van der Waals surface area contributed by atoms with Crippen LogP contribution in [0.25, 0.3) is 0 Å². The van der Waals surface area contributed by atoms with Gasteiger partial charge in [0.25, 0.3) is 0 Å². The van der Waals surface area contributed by atoms with Gasteiger partial charge in [-0.2, -0.15) is 0 Å². The Morgan fingerprint density at radius 1 is 0.342 bits per heavy atom. The van der Waals surface area contributed by atoms with Crippen molar-refractivity contribution in [3.8, 4) is 0 Å². The number of rotatable bonds is 16. The Morgan fingerprint density at radius 2 is 0.553 bits per heavy atom. The molecule has 4 aliphatic heterocycles. The molecule has 0 aliphatic carbocycles. The van der Waals surface area contributed by atoms with Gasteiger partial charge in [-0.1, -0.05) is 147 Å². The van der Waals surface area contributed by atoms with Crippen LogP contribution in [0, 0.1) is 0 Å². The summed E-state index contributed by atoms with van der Waals surface area (Å²) in [5.74, 6) is 4.99. The van der Waals surface area contributed by atoms with Gasteiger partial charge in [0.15, 0.2) is 0 Å². The predicted molar refractivity (Wildman–Crippen MR) is 205 cm³/mol. The highest BCUT2D eigenvalue weighted by molar-refractivity contribution is 8.51. The third kappa shape index (κ3) is 9.96. The fourth-order valence-electron chi connectivity index (χ4n) is 3.06. The van der Waals surface area contributed by atoms with E-state index in [0.717, 1.165) is 0 Å². The van der Waals surface area contributed by atoms with Crippen molar-refractivity contribution >= 4 is 141 Å². The zero-order valence-electron chi connectivity index (χ0n) is 22.4. The molecule has 0 unspecified atom stereocenters. The molecule has 4 rings (SSSR count). The van der Waals surface area contributed by atoms with Crippen LogP contribution in [-0.4, -0.2) is 23.0 Å². The van der Waals surface area contributed by atoms with E-state index < -0.39 is 0 Å². The minimum absolute atomic E-state index is 1.25. The van der Waals surface area contributed by atoms with E-state index >= 15 is 0 Å². The topological polar surface area (TPSA) is 0 Å². The molecule has 0 aromatic heterocycles. The number of hydrogen-bond donors (Lipinski definition) is 0. The maximum atomic E-state index is 2.30. The molecular formula is C26H36S12. The minimum atomic E-state index is 1.25.